The maximum atomic E-state index is 12.7. The summed E-state index contributed by atoms with van der Waals surface area (Å²) in [5.41, 5.74) is 1.36. The van der Waals surface area contributed by atoms with Gasteiger partial charge >= 0.3 is 5.97 Å². The number of benzene rings is 1. The SMILES string of the molecule is Cc1nc(C)c(C(=O)OCC(=O)NCc2ccc(F)cc2)s1. The van der Waals surface area contributed by atoms with Crippen molar-refractivity contribution in [2.75, 3.05) is 6.61 Å². The normalized spacial score (nSPS) is 10.3. The number of amides is 1. The van der Waals surface area contributed by atoms with Crippen molar-refractivity contribution in [1.29, 1.82) is 0 Å². The van der Waals surface area contributed by atoms with Crippen LogP contribution in [0.25, 0.3) is 0 Å². The highest BCUT2D eigenvalue weighted by molar-refractivity contribution is 7.13. The van der Waals surface area contributed by atoms with Gasteiger partial charge in [0.15, 0.2) is 6.61 Å². The molecule has 0 fully saturated rings. The van der Waals surface area contributed by atoms with Crippen molar-refractivity contribution < 1.29 is 18.7 Å². The second-order valence-electron chi connectivity index (χ2n) is 4.63. The van der Waals surface area contributed by atoms with E-state index in [0.29, 0.717) is 10.6 Å². The lowest BCUT2D eigenvalue weighted by atomic mass is 10.2. The van der Waals surface area contributed by atoms with Crippen molar-refractivity contribution in [1.82, 2.24) is 10.3 Å². The molecular formula is C15H15FN2O3S. The number of rotatable bonds is 5. The van der Waals surface area contributed by atoms with E-state index in [1.54, 1.807) is 26.0 Å². The van der Waals surface area contributed by atoms with E-state index in [2.05, 4.69) is 10.3 Å². The largest absolute Gasteiger partial charge is 0.451 e. The van der Waals surface area contributed by atoms with Crippen LogP contribution in [-0.4, -0.2) is 23.5 Å². The van der Waals surface area contributed by atoms with Crippen molar-refractivity contribution in [2.24, 2.45) is 0 Å². The fraction of sp³-hybridized carbons (Fsp3) is 0.267. The van der Waals surface area contributed by atoms with Crippen LogP contribution >= 0.6 is 11.3 Å². The molecule has 0 spiro atoms. The van der Waals surface area contributed by atoms with Crippen LogP contribution in [0.15, 0.2) is 24.3 Å². The Kier molecular flexibility index (Phi) is 5.21. The topological polar surface area (TPSA) is 68.3 Å². The van der Waals surface area contributed by atoms with Crippen LogP contribution in [0.4, 0.5) is 4.39 Å². The molecule has 0 saturated heterocycles. The smallest absolute Gasteiger partial charge is 0.350 e. The number of halogens is 1. The van der Waals surface area contributed by atoms with E-state index in [4.69, 9.17) is 4.74 Å². The van der Waals surface area contributed by atoms with Gasteiger partial charge in [0.25, 0.3) is 5.91 Å². The lowest BCUT2D eigenvalue weighted by molar-refractivity contribution is -0.124. The van der Waals surface area contributed by atoms with Crippen LogP contribution in [-0.2, 0) is 16.1 Å². The summed E-state index contributed by atoms with van der Waals surface area (Å²) in [6, 6.07) is 5.78. The zero-order valence-corrected chi connectivity index (χ0v) is 13.0. The van der Waals surface area contributed by atoms with E-state index in [1.165, 1.54) is 23.5 Å². The molecule has 22 heavy (non-hydrogen) atoms. The van der Waals surface area contributed by atoms with Gasteiger partial charge in [0.2, 0.25) is 0 Å². The van der Waals surface area contributed by atoms with Gasteiger partial charge in [0, 0.05) is 6.54 Å². The molecule has 0 atom stereocenters. The number of aryl methyl sites for hydroxylation is 2. The van der Waals surface area contributed by atoms with Gasteiger partial charge in [-0.05, 0) is 31.5 Å². The summed E-state index contributed by atoms with van der Waals surface area (Å²) in [4.78, 5) is 28.0. The monoisotopic (exact) mass is 322 g/mol. The third kappa shape index (κ3) is 4.36. The zero-order chi connectivity index (χ0) is 16.1. The fourth-order valence-electron chi connectivity index (χ4n) is 1.77. The van der Waals surface area contributed by atoms with E-state index in [1.807, 2.05) is 0 Å². The summed E-state index contributed by atoms with van der Waals surface area (Å²) < 4.78 is 17.7. The number of esters is 1. The first kappa shape index (κ1) is 16.1. The van der Waals surface area contributed by atoms with E-state index >= 15 is 0 Å². The second kappa shape index (κ2) is 7.13. The van der Waals surface area contributed by atoms with Crippen molar-refractivity contribution >= 4 is 23.2 Å². The maximum absolute atomic E-state index is 12.7. The Hall–Kier alpha value is -2.28. The lowest BCUT2D eigenvalue weighted by Crippen LogP contribution is -2.28. The number of carbonyl (C=O) groups excluding carboxylic acids is 2. The minimum Gasteiger partial charge on any atom is -0.451 e. The van der Waals surface area contributed by atoms with Crippen molar-refractivity contribution in [2.45, 2.75) is 20.4 Å². The van der Waals surface area contributed by atoms with Crippen LogP contribution < -0.4 is 5.32 Å². The Balaban J connectivity index is 1.79. The fourth-order valence-corrected chi connectivity index (χ4v) is 2.58. The second-order valence-corrected chi connectivity index (χ2v) is 5.83. The molecule has 0 aliphatic heterocycles. The lowest BCUT2D eigenvalue weighted by Gasteiger charge is -2.06. The highest BCUT2D eigenvalue weighted by Crippen LogP contribution is 2.17. The van der Waals surface area contributed by atoms with Gasteiger partial charge in [-0.1, -0.05) is 12.1 Å². The Labute approximate surface area is 131 Å². The molecule has 116 valence electrons. The summed E-state index contributed by atoms with van der Waals surface area (Å²) in [6.07, 6.45) is 0. The van der Waals surface area contributed by atoms with E-state index < -0.39 is 11.9 Å². The molecule has 0 saturated carbocycles. The van der Waals surface area contributed by atoms with Crippen LogP contribution in [0.5, 0.6) is 0 Å². The average Bonchev–Trinajstić information content (AvgIpc) is 2.83. The molecule has 2 aromatic rings. The molecule has 7 heteroatoms. The number of nitrogens with one attached hydrogen (secondary N) is 1. The molecule has 1 N–H and O–H groups in total. The summed E-state index contributed by atoms with van der Waals surface area (Å²) in [6.45, 7) is 3.39. The molecule has 1 amide bonds. The number of ether oxygens (including phenoxy) is 1. The van der Waals surface area contributed by atoms with Crippen molar-refractivity contribution in [3.63, 3.8) is 0 Å². The molecule has 1 heterocycles. The standard InChI is InChI=1S/C15H15FN2O3S/c1-9-14(22-10(2)18-9)15(20)21-8-13(19)17-7-11-3-5-12(16)6-4-11/h3-6H,7-8H2,1-2H3,(H,17,19). The minimum absolute atomic E-state index is 0.245. The summed E-state index contributed by atoms with van der Waals surface area (Å²) in [5, 5.41) is 3.36. The quantitative estimate of drug-likeness (QED) is 0.858. The van der Waals surface area contributed by atoms with Gasteiger partial charge in [-0.15, -0.1) is 11.3 Å². The Morgan fingerprint density at radius 1 is 1.27 bits per heavy atom. The highest BCUT2D eigenvalue weighted by atomic mass is 32.1. The van der Waals surface area contributed by atoms with Gasteiger partial charge < -0.3 is 10.1 Å². The Morgan fingerprint density at radius 2 is 1.95 bits per heavy atom. The molecule has 5 nitrogen and oxygen atoms in total. The molecular weight excluding hydrogens is 307 g/mol. The summed E-state index contributed by atoms with van der Waals surface area (Å²) in [5.74, 6) is -1.31. The highest BCUT2D eigenvalue weighted by Gasteiger charge is 2.16. The predicted octanol–water partition coefficient (Wildman–Crippen LogP) is 2.37. The van der Waals surface area contributed by atoms with Gasteiger partial charge in [-0.2, -0.15) is 0 Å². The van der Waals surface area contributed by atoms with Gasteiger partial charge in [-0.3, -0.25) is 4.79 Å². The molecule has 0 aliphatic rings. The van der Waals surface area contributed by atoms with E-state index in [-0.39, 0.29) is 19.0 Å². The molecule has 0 bridgehead atoms. The molecule has 0 aliphatic carbocycles. The summed E-state index contributed by atoms with van der Waals surface area (Å²) in [7, 11) is 0. The van der Waals surface area contributed by atoms with Gasteiger partial charge in [-0.25, -0.2) is 14.2 Å². The third-order valence-corrected chi connectivity index (χ3v) is 3.88. The first-order chi connectivity index (χ1) is 10.5. The number of nitrogens with zero attached hydrogens (tertiary/aromatic N) is 1. The van der Waals surface area contributed by atoms with Crippen molar-refractivity contribution in [3.8, 4) is 0 Å². The van der Waals surface area contributed by atoms with Gasteiger partial charge in [0.1, 0.15) is 10.7 Å². The molecule has 2 rings (SSSR count). The molecule has 1 aromatic heterocycles. The van der Waals surface area contributed by atoms with E-state index in [9.17, 15) is 14.0 Å². The first-order valence-electron chi connectivity index (χ1n) is 6.58. The van der Waals surface area contributed by atoms with Crippen molar-refractivity contribution in [3.05, 3.63) is 51.2 Å². The molecule has 1 aromatic carbocycles. The van der Waals surface area contributed by atoms with E-state index in [0.717, 1.165) is 10.6 Å². The van der Waals surface area contributed by atoms with Gasteiger partial charge in [0.05, 0.1) is 10.7 Å². The summed E-state index contributed by atoms with van der Waals surface area (Å²) >= 11 is 1.23. The zero-order valence-electron chi connectivity index (χ0n) is 12.2. The number of thiazole rings is 1. The predicted molar refractivity (Wildman–Crippen MR) is 80.1 cm³/mol. The Morgan fingerprint density at radius 3 is 2.55 bits per heavy atom. The van der Waals surface area contributed by atoms with Crippen LogP contribution in [0.2, 0.25) is 0 Å². The molecule has 0 radical (unpaired) electrons. The van der Waals surface area contributed by atoms with Crippen LogP contribution in [0.3, 0.4) is 0 Å². The van der Waals surface area contributed by atoms with Crippen LogP contribution in [0, 0.1) is 19.7 Å². The third-order valence-electron chi connectivity index (χ3n) is 2.83. The number of aromatic nitrogens is 1. The maximum Gasteiger partial charge on any atom is 0.350 e. The Bertz CT molecular complexity index is 683. The first-order valence-corrected chi connectivity index (χ1v) is 7.39. The molecule has 0 unspecified atom stereocenters. The van der Waals surface area contributed by atoms with Crippen LogP contribution in [0.1, 0.15) is 25.9 Å². The number of hydrogen-bond acceptors (Lipinski definition) is 5. The number of carbonyl (C=O) groups is 2. The minimum atomic E-state index is -0.556. The number of hydrogen-bond donors (Lipinski definition) is 1. The average molecular weight is 322 g/mol.